The topological polar surface area (TPSA) is 102 Å². The van der Waals surface area contributed by atoms with E-state index in [9.17, 15) is 0 Å². The summed E-state index contributed by atoms with van der Waals surface area (Å²) in [5.41, 5.74) is 0. The highest BCUT2D eigenvalue weighted by atomic mass is 16.2. The maximum atomic E-state index is 8.35. The van der Waals surface area contributed by atoms with Gasteiger partial charge >= 0.3 is 0 Å². The lowest BCUT2D eigenvalue weighted by Crippen LogP contribution is -1.57. The number of carbonyl (C=O) groups excluding carboxylic acids is 2. The first kappa shape index (κ1) is 29.3. The van der Waals surface area contributed by atoms with Crippen molar-refractivity contribution in [2.45, 2.75) is 41.0 Å². The van der Waals surface area contributed by atoms with E-state index in [1.165, 1.54) is 6.42 Å². The summed E-state index contributed by atoms with van der Waals surface area (Å²) in [4.78, 5) is 16.7. The zero-order valence-corrected chi connectivity index (χ0v) is 9.68. The minimum absolute atomic E-state index is 0.250. The molecule has 0 saturated heterocycles. The van der Waals surface area contributed by atoms with Crippen molar-refractivity contribution >= 4 is 12.2 Å². The molecule has 0 fully saturated rings. The minimum atomic E-state index is 0.250. The van der Waals surface area contributed by atoms with E-state index in [4.69, 9.17) is 25.5 Å². The molecule has 5 nitrogen and oxygen atoms in total. The molecule has 0 spiro atoms. The van der Waals surface area contributed by atoms with E-state index < -0.39 is 0 Å². The van der Waals surface area contributed by atoms with Gasteiger partial charge in [-0.15, -0.1) is 0 Å². The smallest absolute Gasteiger partial charge is 0.231 e. The van der Waals surface area contributed by atoms with E-state index in [2.05, 4.69) is 13.8 Å². The van der Waals surface area contributed by atoms with Gasteiger partial charge in [0.15, 0.2) is 0 Å². The fourth-order valence-electron chi connectivity index (χ4n) is 0. The molecule has 0 aromatic carbocycles. The lowest BCUT2D eigenvalue weighted by atomic mass is 10.6. The Morgan fingerprint density at radius 3 is 1.00 bits per heavy atom. The second-order valence-electron chi connectivity index (χ2n) is 1.23. The van der Waals surface area contributed by atoms with E-state index >= 15 is 0 Å². The number of hydrogen-bond acceptors (Lipinski definition) is 5. The largest absolute Gasteiger partial charge is 0.397 e. The third kappa shape index (κ3) is 618. The Morgan fingerprint density at radius 1 is 1.00 bits per heavy atom. The molecule has 0 saturated carbocycles. The van der Waals surface area contributed by atoms with Crippen LogP contribution in [0.25, 0.3) is 0 Å². The molecule has 0 atom stereocenters. The summed E-state index contributed by atoms with van der Waals surface area (Å²) in [6, 6.07) is 0. The van der Waals surface area contributed by atoms with Crippen LogP contribution in [0.1, 0.15) is 41.0 Å². The van der Waals surface area contributed by atoms with Crippen LogP contribution in [-0.2, 0) is 9.59 Å². The summed E-state index contributed by atoms with van der Waals surface area (Å²) in [5, 5.41) is 18.4. The molecule has 0 radical (unpaired) electrons. The molecule has 0 bridgehead atoms. The van der Waals surface area contributed by atoms with E-state index in [1.54, 1.807) is 6.92 Å². The van der Waals surface area contributed by atoms with Crippen LogP contribution >= 0.6 is 0 Å². The molecule has 0 aliphatic carbocycles. The predicted octanol–water partition coefficient (Wildman–Crippen LogP) is 2.24. The number of aliphatic hydroxyl groups excluding tert-OH is 1. The van der Waals surface area contributed by atoms with Crippen molar-refractivity contribution in [2.75, 3.05) is 6.61 Å². The fourth-order valence-corrected chi connectivity index (χ4v) is 0. The van der Waals surface area contributed by atoms with Gasteiger partial charge in [-0.05, 0) is 6.92 Å². The van der Waals surface area contributed by atoms with Crippen LogP contribution in [0.3, 0.4) is 0 Å². The van der Waals surface area contributed by atoms with Gasteiger partial charge in [-0.1, -0.05) is 34.1 Å². The quantitative estimate of drug-likeness (QED) is 0.418. The number of isocyanates is 2. The summed E-state index contributed by atoms with van der Waals surface area (Å²) in [7, 11) is 0. The molecule has 0 rings (SSSR count). The molecule has 0 aromatic heterocycles. The first-order chi connectivity index (χ1) is 6.66. The van der Waals surface area contributed by atoms with Gasteiger partial charge in [0.25, 0.3) is 0 Å². The zero-order valence-electron chi connectivity index (χ0n) is 9.68. The molecule has 0 aromatic rings. The Morgan fingerprint density at radius 2 is 1.00 bits per heavy atom. The third-order valence-electron chi connectivity index (χ3n) is 0. The maximum absolute atomic E-state index is 8.35. The van der Waals surface area contributed by atoms with Crippen LogP contribution < -0.4 is 0 Å². The van der Waals surface area contributed by atoms with Crippen molar-refractivity contribution < 1.29 is 14.7 Å². The monoisotopic (exact) mass is 206 g/mol. The Balaban J connectivity index is -0.0000000243. The molecule has 0 aliphatic rings. The number of aliphatic hydroxyl groups is 1. The normalized spacial score (nSPS) is 4.14. The van der Waals surface area contributed by atoms with Gasteiger partial charge in [-0.25, -0.2) is 20.4 Å². The lowest BCUT2D eigenvalue weighted by molar-refractivity contribution is 0.318. The van der Waals surface area contributed by atoms with Gasteiger partial charge in [0, 0.05) is 6.61 Å². The number of hydrogen-bond donors (Lipinski definition) is 3. The summed E-state index contributed by atoms with van der Waals surface area (Å²) in [5.74, 6) is 0. The second kappa shape index (κ2) is 182. The standard InChI is InChI=1S/C3H8.C2H6O.C2H6.2CHNO/c1-3-2;1-2-3;1-2;2*2-1-3/h3H2,1-2H3;3H,2H2,1H3;1-2H3;2*2H. The van der Waals surface area contributed by atoms with Crippen LogP contribution in [0, 0.1) is 10.8 Å². The highest BCUT2D eigenvalue weighted by Gasteiger charge is 1.35. The van der Waals surface area contributed by atoms with Crippen molar-refractivity contribution in [2.24, 2.45) is 0 Å². The Labute approximate surface area is 86.2 Å². The average molecular weight is 206 g/mol. The number of nitrogens with one attached hydrogen (secondary N) is 2. The molecule has 3 N–H and O–H groups in total. The summed E-state index contributed by atoms with van der Waals surface area (Å²) in [6.45, 7) is 10.2. The number of rotatable bonds is 0. The predicted molar refractivity (Wildman–Crippen MR) is 56.9 cm³/mol. The average Bonchev–Trinajstić information content (AvgIpc) is 2.12. The van der Waals surface area contributed by atoms with Crippen LogP contribution in [0.15, 0.2) is 0 Å². The van der Waals surface area contributed by atoms with Gasteiger partial charge in [0.05, 0.1) is 0 Å². The highest BCUT2D eigenvalue weighted by Crippen LogP contribution is 1.56. The van der Waals surface area contributed by atoms with Crippen LogP contribution in [0.4, 0.5) is 0 Å². The minimum Gasteiger partial charge on any atom is -0.397 e. The van der Waals surface area contributed by atoms with Crippen molar-refractivity contribution in [3.8, 4) is 0 Å². The van der Waals surface area contributed by atoms with E-state index in [0.717, 1.165) is 12.2 Å². The van der Waals surface area contributed by atoms with Gasteiger partial charge in [-0.2, -0.15) is 0 Å². The van der Waals surface area contributed by atoms with Crippen molar-refractivity contribution in [3.63, 3.8) is 0 Å². The molecule has 0 heterocycles. The van der Waals surface area contributed by atoms with Crippen molar-refractivity contribution in [3.05, 3.63) is 0 Å². The maximum Gasteiger partial charge on any atom is 0.231 e. The first-order valence-corrected chi connectivity index (χ1v) is 4.35. The van der Waals surface area contributed by atoms with Gasteiger partial charge in [-0.3, -0.25) is 0 Å². The molecule has 14 heavy (non-hydrogen) atoms. The third-order valence-corrected chi connectivity index (χ3v) is 0. The lowest BCUT2D eigenvalue weighted by Gasteiger charge is -1.52. The zero-order chi connectivity index (χ0) is 12.8. The Hall–Kier alpha value is -1.28. The van der Waals surface area contributed by atoms with Gasteiger partial charge in [0.2, 0.25) is 12.2 Å². The molecule has 86 valence electrons. The van der Waals surface area contributed by atoms with E-state index in [0.29, 0.717) is 0 Å². The van der Waals surface area contributed by atoms with E-state index in [-0.39, 0.29) is 6.61 Å². The second-order valence-corrected chi connectivity index (χ2v) is 1.23. The van der Waals surface area contributed by atoms with Crippen LogP contribution in [0.2, 0.25) is 0 Å². The fraction of sp³-hybridized carbons (Fsp3) is 0.778. The Bertz CT molecular complexity index is 90.6. The molecule has 5 heteroatoms. The van der Waals surface area contributed by atoms with Crippen LogP contribution in [0.5, 0.6) is 0 Å². The molecule has 0 amide bonds. The Kier molecular flexibility index (Phi) is 381. The molecule has 0 aliphatic heterocycles. The molecular formula is C9H22N2O3. The molecule has 0 unspecified atom stereocenters. The van der Waals surface area contributed by atoms with Crippen molar-refractivity contribution in [1.29, 1.82) is 10.8 Å². The van der Waals surface area contributed by atoms with E-state index in [1.807, 2.05) is 13.8 Å². The van der Waals surface area contributed by atoms with Gasteiger partial charge in [0.1, 0.15) is 0 Å². The molecular weight excluding hydrogens is 184 g/mol. The SMILES string of the molecule is CC.CCC.CCO.N=C=O.N=C=O. The summed E-state index contributed by atoms with van der Waals surface area (Å²) in [6.07, 6.45) is 2.75. The summed E-state index contributed by atoms with van der Waals surface area (Å²) < 4.78 is 0. The summed E-state index contributed by atoms with van der Waals surface area (Å²) >= 11 is 0. The van der Waals surface area contributed by atoms with Crippen LogP contribution in [-0.4, -0.2) is 23.9 Å². The first-order valence-electron chi connectivity index (χ1n) is 4.35. The van der Waals surface area contributed by atoms with Gasteiger partial charge < -0.3 is 5.11 Å². The van der Waals surface area contributed by atoms with Crippen molar-refractivity contribution in [1.82, 2.24) is 0 Å². The highest BCUT2D eigenvalue weighted by molar-refractivity contribution is 5.26.